The van der Waals surface area contributed by atoms with E-state index in [4.69, 9.17) is 0 Å². The third kappa shape index (κ3) is 4.15. The predicted octanol–water partition coefficient (Wildman–Crippen LogP) is 2.50. The Morgan fingerprint density at radius 3 is 2.48 bits per heavy atom. The van der Waals surface area contributed by atoms with E-state index in [1.54, 1.807) is 16.4 Å². The largest absolute Gasteiger partial charge is 0.325 e. The molecular weight excluding hydrogens is 414 g/mol. The second kappa shape index (κ2) is 8.60. The number of benzene rings is 2. The van der Waals surface area contributed by atoms with E-state index in [0.717, 1.165) is 28.7 Å². The van der Waals surface area contributed by atoms with Gasteiger partial charge in [-0.05, 0) is 48.5 Å². The Morgan fingerprint density at radius 1 is 1.06 bits per heavy atom. The summed E-state index contributed by atoms with van der Waals surface area (Å²) in [5.74, 6) is -0.0811. The summed E-state index contributed by atoms with van der Waals surface area (Å²) in [6, 6.07) is 16.9. The van der Waals surface area contributed by atoms with Gasteiger partial charge in [-0.2, -0.15) is 4.68 Å². The third-order valence-electron chi connectivity index (χ3n) is 4.84. The number of nitrogens with one attached hydrogen (secondary N) is 1. The second-order valence-corrected chi connectivity index (χ2v) is 7.93. The minimum atomic E-state index is -0.246. The molecule has 0 unspecified atom stereocenters. The van der Waals surface area contributed by atoms with E-state index >= 15 is 0 Å². The summed E-state index contributed by atoms with van der Waals surface area (Å²) in [6.07, 6.45) is 0. The molecule has 0 fully saturated rings. The quantitative estimate of drug-likeness (QED) is 0.467. The van der Waals surface area contributed by atoms with E-state index in [9.17, 15) is 9.59 Å². The average molecular weight is 436 g/mol. The number of carbonyl (C=O) groups is 1. The van der Waals surface area contributed by atoms with Crippen LogP contribution in [-0.2, 0) is 11.8 Å². The second-order valence-electron chi connectivity index (χ2n) is 6.99. The Bertz CT molecular complexity index is 1270. The molecule has 31 heavy (non-hydrogen) atoms. The number of thioether (sulfide) groups is 1. The lowest BCUT2D eigenvalue weighted by Gasteiger charge is -2.07. The minimum absolute atomic E-state index is 0.104. The molecule has 0 saturated carbocycles. The number of aromatic nitrogens is 6. The lowest BCUT2D eigenvalue weighted by atomic mass is 10.2. The van der Waals surface area contributed by atoms with E-state index < -0.39 is 0 Å². The number of nitrogens with zero attached hydrogens (tertiary/aromatic N) is 6. The van der Waals surface area contributed by atoms with E-state index in [0.29, 0.717) is 16.5 Å². The van der Waals surface area contributed by atoms with Gasteiger partial charge < -0.3 is 5.32 Å². The van der Waals surface area contributed by atoms with E-state index in [-0.39, 0.29) is 17.2 Å². The number of carbonyl (C=O) groups excluding carboxylic acids is 1. The maximum Gasteiger partial charge on any atom is 0.297 e. The summed E-state index contributed by atoms with van der Waals surface area (Å²) < 4.78 is 4.71. The van der Waals surface area contributed by atoms with Crippen molar-refractivity contribution in [3.05, 3.63) is 76.2 Å². The van der Waals surface area contributed by atoms with Crippen molar-refractivity contribution < 1.29 is 4.79 Å². The molecule has 1 amide bonds. The first-order chi connectivity index (χ1) is 15.0. The van der Waals surface area contributed by atoms with Gasteiger partial charge in [0, 0.05) is 12.7 Å². The van der Waals surface area contributed by atoms with Gasteiger partial charge in [-0.15, -0.1) is 5.10 Å². The summed E-state index contributed by atoms with van der Waals surface area (Å²) >= 11 is 1.16. The van der Waals surface area contributed by atoms with Crippen molar-refractivity contribution in [2.24, 2.45) is 7.05 Å². The molecule has 0 bridgehead atoms. The maximum absolute atomic E-state index is 13.2. The fourth-order valence-electron chi connectivity index (χ4n) is 3.17. The average Bonchev–Trinajstić information content (AvgIpc) is 3.31. The molecule has 4 rings (SSSR count). The fourth-order valence-corrected chi connectivity index (χ4v) is 3.85. The van der Waals surface area contributed by atoms with Crippen molar-refractivity contribution in [2.75, 3.05) is 11.1 Å². The van der Waals surface area contributed by atoms with Gasteiger partial charge in [0.2, 0.25) is 11.1 Å². The zero-order chi connectivity index (χ0) is 22.0. The third-order valence-corrected chi connectivity index (χ3v) is 5.76. The van der Waals surface area contributed by atoms with Crippen LogP contribution in [0.15, 0.2) is 64.5 Å². The van der Waals surface area contributed by atoms with Crippen molar-refractivity contribution in [3.63, 3.8) is 0 Å². The minimum Gasteiger partial charge on any atom is -0.325 e. The van der Waals surface area contributed by atoms with Crippen LogP contribution in [0.1, 0.15) is 11.3 Å². The maximum atomic E-state index is 13.2. The van der Waals surface area contributed by atoms with Crippen LogP contribution < -0.4 is 10.9 Å². The zero-order valence-corrected chi connectivity index (χ0v) is 18.1. The normalized spacial score (nSPS) is 10.9. The van der Waals surface area contributed by atoms with Crippen molar-refractivity contribution >= 4 is 23.4 Å². The Labute approximate surface area is 182 Å². The van der Waals surface area contributed by atoms with Crippen LogP contribution in [0.4, 0.5) is 5.69 Å². The highest BCUT2D eigenvalue weighted by Crippen LogP contribution is 2.20. The van der Waals surface area contributed by atoms with Gasteiger partial charge in [-0.3, -0.25) is 14.3 Å². The molecule has 0 radical (unpaired) electrons. The van der Waals surface area contributed by atoms with Crippen molar-refractivity contribution in [3.8, 4) is 11.4 Å². The smallest absolute Gasteiger partial charge is 0.297 e. The molecule has 2 aromatic heterocycles. The van der Waals surface area contributed by atoms with Crippen molar-refractivity contribution in [1.29, 1.82) is 0 Å². The molecule has 10 heteroatoms. The molecule has 9 nitrogen and oxygen atoms in total. The molecule has 0 aliphatic carbocycles. The van der Waals surface area contributed by atoms with E-state index in [2.05, 4.69) is 20.8 Å². The SMILES string of the molecule is Cc1ccc(NC(=O)CSc2nnnn2-c2c(C)n(C)n(-c3ccccc3)c2=O)cc1. The highest BCUT2D eigenvalue weighted by molar-refractivity contribution is 7.99. The van der Waals surface area contributed by atoms with Crippen LogP contribution in [0.2, 0.25) is 0 Å². The van der Waals surface area contributed by atoms with Gasteiger partial charge in [-0.1, -0.05) is 47.7 Å². The summed E-state index contributed by atoms with van der Waals surface area (Å²) in [5, 5.41) is 14.9. The van der Waals surface area contributed by atoms with Crippen LogP contribution in [0.5, 0.6) is 0 Å². The van der Waals surface area contributed by atoms with Crippen molar-refractivity contribution in [2.45, 2.75) is 19.0 Å². The number of hydrogen-bond acceptors (Lipinski definition) is 6. The summed E-state index contributed by atoms with van der Waals surface area (Å²) in [4.78, 5) is 25.5. The molecule has 0 aliphatic rings. The molecule has 0 spiro atoms. The molecule has 2 aromatic carbocycles. The highest BCUT2D eigenvalue weighted by Gasteiger charge is 2.22. The Hall–Kier alpha value is -3.66. The van der Waals surface area contributed by atoms with Gasteiger partial charge in [0.05, 0.1) is 17.1 Å². The first kappa shape index (κ1) is 20.6. The van der Waals surface area contributed by atoms with Gasteiger partial charge in [0.15, 0.2) is 5.69 Å². The molecule has 0 aliphatic heterocycles. The van der Waals surface area contributed by atoms with Crippen LogP contribution in [-0.4, -0.2) is 41.2 Å². The first-order valence-electron chi connectivity index (χ1n) is 9.58. The van der Waals surface area contributed by atoms with E-state index in [1.165, 1.54) is 4.68 Å². The number of para-hydroxylation sites is 1. The van der Waals surface area contributed by atoms with Gasteiger partial charge >= 0.3 is 0 Å². The lowest BCUT2D eigenvalue weighted by molar-refractivity contribution is -0.113. The Morgan fingerprint density at radius 2 is 1.77 bits per heavy atom. The van der Waals surface area contributed by atoms with Crippen molar-refractivity contribution in [1.82, 2.24) is 29.6 Å². The number of rotatable bonds is 6. The highest BCUT2D eigenvalue weighted by atomic mass is 32.2. The predicted molar refractivity (Wildman–Crippen MR) is 119 cm³/mol. The van der Waals surface area contributed by atoms with Crippen LogP contribution in [0.3, 0.4) is 0 Å². The van der Waals surface area contributed by atoms with Gasteiger partial charge in [0.25, 0.3) is 5.56 Å². The number of tetrazole rings is 1. The van der Waals surface area contributed by atoms with Gasteiger partial charge in [-0.25, -0.2) is 4.68 Å². The lowest BCUT2D eigenvalue weighted by Crippen LogP contribution is -2.22. The zero-order valence-electron chi connectivity index (χ0n) is 17.3. The topological polar surface area (TPSA) is 99.6 Å². The first-order valence-corrected chi connectivity index (χ1v) is 10.6. The van der Waals surface area contributed by atoms with Crippen LogP contribution in [0.25, 0.3) is 11.4 Å². The molecule has 4 aromatic rings. The number of anilines is 1. The van der Waals surface area contributed by atoms with Gasteiger partial charge in [0.1, 0.15) is 0 Å². The molecule has 2 heterocycles. The fraction of sp³-hybridized carbons (Fsp3) is 0.190. The number of amides is 1. The summed E-state index contributed by atoms with van der Waals surface area (Å²) in [5.41, 5.74) is 3.38. The number of hydrogen-bond donors (Lipinski definition) is 1. The number of aryl methyl sites for hydroxylation is 1. The van der Waals surface area contributed by atoms with E-state index in [1.807, 2.05) is 68.4 Å². The standard InChI is InChI=1S/C21H21N7O2S/c1-14-9-11-16(12-10-14)22-18(29)13-31-21-23-24-25-27(21)19-15(2)26(3)28(20(19)30)17-7-5-4-6-8-17/h4-12H,13H2,1-3H3,(H,22,29). The molecule has 0 atom stereocenters. The Balaban J connectivity index is 1.57. The monoisotopic (exact) mass is 435 g/mol. The van der Waals surface area contributed by atoms with Crippen LogP contribution in [0, 0.1) is 13.8 Å². The summed E-state index contributed by atoms with van der Waals surface area (Å²) in [7, 11) is 1.80. The molecule has 1 N–H and O–H groups in total. The van der Waals surface area contributed by atoms with Crippen LogP contribution >= 0.6 is 11.8 Å². The Kier molecular flexibility index (Phi) is 5.72. The molecule has 158 valence electrons. The summed E-state index contributed by atoms with van der Waals surface area (Å²) in [6.45, 7) is 3.81. The molecular formula is C21H21N7O2S. The molecule has 0 saturated heterocycles.